The van der Waals surface area contributed by atoms with Crippen LogP contribution in [0.15, 0.2) is 0 Å². The Labute approximate surface area is 132 Å². The molecule has 0 atom stereocenters. The van der Waals surface area contributed by atoms with Crippen molar-refractivity contribution in [2.75, 3.05) is 13.1 Å². The molecule has 22 heavy (non-hydrogen) atoms. The molecule has 0 unspecified atom stereocenters. The monoisotopic (exact) mass is 311 g/mol. The molecule has 0 radical (unpaired) electrons. The van der Waals surface area contributed by atoms with E-state index >= 15 is 0 Å². The second kappa shape index (κ2) is 11.0. The maximum absolute atomic E-state index is 11.9. The zero-order valence-electron chi connectivity index (χ0n) is 13.6. The number of hydrogen-bond donors (Lipinski definition) is 3. The summed E-state index contributed by atoms with van der Waals surface area (Å²) in [4.78, 5) is 34.1. The van der Waals surface area contributed by atoms with Crippen LogP contribution in [-0.2, 0) is 14.4 Å². The lowest BCUT2D eigenvalue weighted by Crippen LogP contribution is -2.37. The lowest BCUT2D eigenvalue weighted by Gasteiger charge is -2.21. The molecule has 3 amide bonds. The lowest BCUT2D eigenvalue weighted by atomic mass is 9.96. The molecule has 1 aliphatic rings. The molecule has 1 rings (SSSR count). The van der Waals surface area contributed by atoms with Gasteiger partial charge in [-0.3, -0.25) is 14.4 Å². The van der Waals surface area contributed by atoms with Crippen LogP contribution in [-0.4, -0.2) is 36.9 Å². The van der Waals surface area contributed by atoms with Gasteiger partial charge in [0.1, 0.15) is 0 Å². The van der Waals surface area contributed by atoms with E-state index < -0.39 is 0 Å². The van der Waals surface area contributed by atoms with Gasteiger partial charge in [0.05, 0.1) is 0 Å². The molecule has 3 N–H and O–H groups in total. The molecule has 0 bridgehead atoms. The van der Waals surface area contributed by atoms with Crippen molar-refractivity contribution in [3.63, 3.8) is 0 Å². The summed E-state index contributed by atoms with van der Waals surface area (Å²) in [5.74, 6) is -0.312. The Morgan fingerprint density at radius 2 is 1.36 bits per heavy atom. The van der Waals surface area contributed by atoms with Gasteiger partial charge in [-0.1, -0.05) is 32.1 Å². The summed E-state index contributed by atoms with van der Waals surface area (Å²) in [5.41, 5.74) is 0. The van der Waals surface area contributed by atoms with Crippen LogP contribution in [0, 0.1) is 0 Å². The van der Waals surface area contributed by atoms with Gasteiger partial charge in [-0.05, 0) is 12.8 Å². The molecule has 0 spiro atoms. The van der Waals surface area contributed by atoms with Gasteiger partial charge >= 0.3 is 0 Å². The first-order valence-electron chi connectivity index (χ1n) is 8.38. The number of amides is 3. The highest BCUT2D eigenvalue weighted by Gasteiger charge is 2.14. The average molecular weight is 311 g/mol. The second-order valence-corrected chi connectivity index (χ2v) is 5.94. The van der Waals surface area contributed by atoms with Gasteiger partial charge in [0, 0.05) is 38.9 Å². The summed E-state index contributed by atoms with van der Waals surface area (Å²) in [6.07, 6.45) is 8.68. The van der Waals surface area contributed by atoms with E-state index in [4.69, 9.17) is 0 Å². The second-order valence-electron chi connectivity index (χ2n) is 5.94. The van der Waals surface area contributed by atoms with E-state index in [0.717, 1.165) is 12.8 Å². The molecular formula is C16H29N3O3. The van der Waals surface area contributed by atoms with Gasteiger partial charge < -0.3 is 16.0 Å². The summed E-state index contributed by atoms with van der Waals surface area (Å²) >= 11 is 0. The van der Waals surface area contributed by atoms with Crippen LogP contribution in [0.4, 0.5) is 0 Å². The van der Waals surface area contributed by atoms with E-state index in [9.17, 15) is 14.4 Å². The van der Waals surface area contributed by atoms with Crippen LogP contribution in [0.1, 0.15) is 64.7 Å². The molecule has 6 heteroatoms. The van der Waals surface area contributed by atoms with E-state index in [1.165, 1.54) is 39.0 Å². The maximum atomic E-state index is 11.9. The Balaban J connectivity index is 2.10. The van der Waals surface area contributed by atoms with Gasteiger partial charge in [-0.2, -0.15) is 0 Å². The highest BCUT2D eigenvalue weighted by Crippen LogP contribution is 2.17. The predicted molar refractivity (Wildman–Crippen MR) is 85.2 cm³/mol. The molecule has 0 heterocycles. The quantitative estimate of drug-likeness (QED) is 0.618. The summed E-state index contributed by atoms with van der Waals surface area (Å²) < 4.78 is 0. The molecule has 0 saturated heterocycles. The van der Waals surface area contributed by atoms with Crippen LogP contribution in [0.2, 0.25) is 0 Å². The Bertz CT molecular complexity index is 364. The SMILES string of the molecule is CC(=O)NCCNC(=O)CCC(=O)NC1CCCCCCC1. The number of hydrogen-bond acceptors (Lipinski definition) is 3. The topological polar surface area (TPSA) is 87.3 Å². The van der Waals surface area contributed by atoms with Crippen LogP contribution < -0.4 is 16.0 Å². The molecule has 1 fully saturated rings. The van der Waals surface area contributed by atoms with Gasteiger partial charge in [0.15, 0.2) is 0 Å². The van der Waals surface area contributed by atoms with Gasteiger partial charge in [0.2, 0.25) is 17.7 Å². The Morgan fingerprint density at radius 1 is 0.818 bits per heavy atom. The van der Waals surface area contributed by atoms with Crippen molar-refractivity contribution in [3.05, 3.63) is 0 Å². The van der Waals surface area contributed by atoms with Crippen molar-refractivity contribution in [2.24, 2.45) is 0 Å². The number of nitrogens with one attached hydrogen (secondary N) is 3. The van der Waals surface area contributed by atoms with E-state index in [2.05, 4.69) is 16.0 Å². The van der Waals surface area contributed by atoms with Crippen molar-refractivity contribution >= 4 is 17.7 Å². The lowest BCUT2D eigenvalue weighted by molar-refractivity contribution is -0.126. The van der Waals surface area contributed by atoms with Crippen LogP contribution in [0.25, 0.3) is 0 Å². The normalized spacial score (nSPS) is 16.2. The molecule has 0 aromatic heterocycles. The molecule has 1 aliphatic carbocycles. The minimum Gasteiger partial charge on any atom is -0.355 e. The average Bonchev–Trinajstić information content (AvgIpc) is 2.44. The molecule has 0 aliphatic heterocycles. The molecule has 0 aromatic carbocycles. The standard InChI is InChI=1S/C16H29N3O3/c1-13(20)17-11-12-18-15(21)9-10-16(22)19-14-7-5-3-2-4-6-8-14/h14H,2-12H2,1H3,(H,17,20)(H,18,21)(H,19,22). The Hall–Kier alpha value is -1.59. The fourth-order valence-electron chi connectivity index (χ4n) is 2.66. The zero-order chi connectivity index (χ0) is 16.2. The molecular weight excluding hydrogens is 282 g/mol. The predicted octanol–water partition coefficient (Wildman–Crippen LogP) is 1.25. The van der Waals surface area contributed by atoms with Gasteiger partial charge in [0.25, 0.3) is 0 Å². The zero-order valence-corrected chi connectivity index (χ0v) is 13.6. The minimum absolute atomic E-state index is 0.0393. The minimum atomic E-state index is -0.154. The summed E-state index contributed by atoms with van der Waals surface area (Å²) in [6.45, 7) is 2.24. The number of carbonyl (C=O) groups is 3. The summed E-state index contributed by atoms with van der Waals surface area (Å²) in [5, 5.41) is 8.33. The van der Waals surface area contributed by atoms with Crippen molar-refractivity contribution in [1.29, 1.82) is 0 Å². The fourth-order valence-corrected chi connectivity index (χ4v) is 2.66. The first-order chi connectivity index (χ1) is 10.6. The Morgan fingerprint density at radius 3 is 2.00 bits per heavy atom. The van der Waals surface area contributed by atoms with Gasteiger partial charge in [-0.15, -0.1) is 0 Å². The first kappa shape index (κ1) is 18.5. The first-order valence-corrected chi connectivity index (χ1v) is 8.38. The summed E-state index contributed by atoms with van der Waals surface area (Å²) in [6, 6.07) is 0.274. The van der Waals surface area contributed by atoms with Crippen molar-refractivity contribution in [2.45, 2.75) is 70.8 Å². The molecule has 126 valence electrons. The highest BCUT2D eigenvalue weighted by molar-refractivity contribution is 5.83. The third-order valence-electron chi connectivity index (χ3n) is 3.87. The van der Waals surface area contributed by atoms with Crippen molar-refractivity contribution in [3.8, 4) is 0 Å². The summed E-state index contributed by atoms with van der Waals surface area (Å²) in [7, 11) is 0. The maximum Gasteiger partial charge on any atom is 0.220 e. The van der Waals surface area contributed by atoms with E-state index in [1.54, 1.807) is 0 Å². The molecule has 6 nitrogen and oxygen atoms in total. The van der Waals surface area contributed by atoms with Crippen LogP contribution in [0.5, 0.6) is 0 Å². The fraction of sp³-hybridized carbons (Fsp3) is 0.812. The largest absolute Gasteiger partial charge is 0.355 e. The molecule has 1 saturated carbocycles. The van der Waals surface area contributed by atoms with Crippen LogP contribution >= 0.6 is 0 Å². The third kappa shape index (κ3) is 9.37. The highest BCUT2D eigenvalue weighted by atomic mass is 16.2. The van der Waals surface area contributed by atoms with Crippen LogP contribution in [0.3, 0.4) is 0 Å². The van der Waals surface area contributed by atoms with E-state index in [-0.39, 0.29) is 36.6 Å². The van der Waals surface area contributed by atoms with E-state index in [0.29, 0.717) is 13.1 Å². The van der Waals surface area contributed by atoms with Gasteiger partial charge in [-0.25, -0.2) is 0 Å². The Kier molecular flexibility index (Phi) is 9.26. The molecule has 0 aromatic rings. The van der Waals surface area contributed by atoms with E-state index in [1.807, 2.05) is 0 Å². The smallest absolute Gasteiger partial charge is 0.220 e. The number of rotatable bonds is 7. The number of carbonyl (C=O) groups excluding carboxylic acids is 3. The van der Waals surface area contributed by atoms with Crippen molar-refractivity contribution in [1.82, 2.24) is 16.0 Å². The third-order valence-corrected chi connectivity index (χ3v) is 3.87. The van der Waals surface area contributed by atoms with Crippen molar-refractivity contribution < 1.29 is 14.4 Å².